The minimum Gasteiger partial charge on any atom is -0.394 e. The fraction of sp³-hybridized carbons (Fsp3) is 0.471. The Kier molecular flexibility index (Phi) is 4.17. The van der Waals surface area contributed by atoms with Crippen molar-refractivity contribution in [3.63, 3.8) is 0 Å². The standard InChI is InChI=1S/C17H16F4N4O2/c18-13-2-1-10(6-22-13)25-15-11-3-8(11)4-12(15)14(24-25)16(27)23-9(7-26)5-17(19,20)21/h1-2,6,8-9,11,26H,3-5,7H2,(H,23,27)/t8-,9+,11-/m1/s1. The molecule has 0 aliphatic heterocycles. The predicted octanol–water partition coefficient (Wildman–Crippen LogP) is 2.11. The summed E-state index contributed by atoms with van der Waals surface area (Å²) in [5, 5.41) is 15.6. The number of aliphatic hydroxyl groups is 1. The van der Waals surface area contributed by atoms with E-state index in [1.807, 2.05) is 0 Å². The molecule has 2 aliphatic rings. The van der Waals surface area contributed by atoms with E-state index in [1.165, 1.54) is 23.0 Å². The van der Waals surface area contributed by atoms with Crippen molar-refractivity contribution in [2.75, 3.05) is 6.61 Å². The lowest BCUT2D eigenvalue weighted by molar-refractivity contribution is -0.141. The number of aromatic nitrogens is 3. The molecule has 1 fully saturated rings. The van der Waals surface area contributed by atoms with Crippen LogP contribution in [-0.2, 0) is 6.42 Å². The third kappa shape index (κ3) is 3.41. The second-order valence-electron chi connectivity index (χ2n) is 6.94. The van der Waals surface area contributed by atoms with Crippen LogP contribution in [0, 0.1) is 11.9 Å². The van der Waals surface area contributed by atoms with Crippen LogP contribution < -0.4 is 5.32 Å². The molecule has 1 amide bonds. The Bertz CT molecular complexity index is 878. The van der Waals surface area contributed by atoms with Crippen LogP contribution in [0.25, 0.3) is 5.69 Å². The van der Waals surface area contributed by atoms with Gasteiger partial charge in [0.2, 0.25) is 5.95 Å². The highest BCUT2D eigenvalue weighted by molar-refractivity contribution is 5.94. The van der Waals surface area contributed by atoms with E-state index in [9.17, 15) is 22.4 Å². The van der Waals surface area contributed by atoms with Gasteiger partial charge >= 0.3 is 6.18 Å². The SMILES string of the molecule is O=C(N[C@H](CO)CC(F)(F)F)c1nn(-c2ccc(F)nc2)c2c1C[C@H]1C[C@@H]21. The maximum absolute atomic E-state index is 13.1. The van der Waals surface area contributed by atoms with Crippen molar-refractivity contribution in [3.8, 4) is 5.69 Å². The summed E-state index contributed by atoms with van der Waals surface area (Å²) in [7, 11) is 0. The largest absolute Gasteiger partial charge is 0.394 e. The summed E-state index contributed by atoms with van der Waals surface area (Å²) in [6.45, 7) is -0.832. The Morgan fingerprint density at radius 2 is 2.19 bits per heavy atom. The summed E-state index contributed by atoms with van der Waals surface area (Å²) in [6, 6.07) is 1.21. The van der Waals surface area contributed by atoms with Gasteiger partial charge < -0.3 is 10.4 Å². The van der Waals surface area contributed by atoms with Crippen LogP contribution in [0.3, 0.4) is 0 Å². The number of halogens is 4. The third-order valence-corrected chi connectivity index (χ3v) is 4.97. The van der Waals surface area contributed by atoms with E-state index in [-0.39, 0.29) is 11.6 Å². The summed E-state index contributed by atoms with van der Waals surface area (Å²) in [4.78, 5) is 16.1. The van der Waals surface area contributed by atoms with Crippen molar-refractivity contribution in [2.24, 2.45) is 5.92 Å². The smallest absolute Gasteiger partial charge is 0.391 e. The van der Waals surface area contributed by atoms with E-state index < -0.39 is 37.1 Å². The maximum Gasteiger partial charge on any atom is 0.391 e. The average molecular weight is 384 g/mol. The molecule has 0 saturated heterocycles. The van der Waals surface area contributed by atoms with Crippen LogP contribution in [0.15, 0.2) is 18.3 Å². The lowest BCUT2D eigenvalue weighted by Crippen LogP contribution is -2.41. The maximum atomic E-state index is 13.1. The van der Waals surface area contributed by atoms with E-state index >= 15 is 0 Å². The molecule has 0 bridgehead atoms. The lowest BCUT2D eigenvalue weighted by Gasteiger charge is -2.17. The van der Waals surface area contributed by atoms with Gasteiger partial charge in [-0.1, -0.05) is 0 Å². The number of hydrogen-bond acceptors (Lipinski definition) is 4. The molecule has 1 saturated carbocycles. The zero-order chi connectivity index (χ0) is 19.3. The zero-order valence-electron chi connectivity index (χ0n) is 14.0. The molecule has 0 unspecified atom stereocenters. The topological polar surface area (TPSA) is 80.0 Å². The normalized spacial score (nSPS) is 21.5. The molecule has 6 nitrogen and oxygen atoms in total. The first-order valence-electron chi connectivity index (χ1n) is 8.49. The molecule has 2 aromatic heterocycles. The van der Waals surface area contributed by atoms with Gasteiger partial charge in [0.05, 0.1) is 36.6 Å². The first kappa shape index (κ1) is 17.9. The highest BCUT2D eigenvalue weighted by atomic mass is 19.4. The summed E-state index contributed by atoms with van der Waals surface area (Å²) in [5.74, 6) is -0.775. The average Bonchev–Trinajstić information content (AvgIpc) is 3.09. The fourth-order valence-corrected chi connectivity index (χ4v) is 3.68. The number of amides is 1. The van der Waals surface area contributed by atoms with Crippen molar-refractivity contribution in [1.29, 1.82) is 0 Å². The number of carbonyl (C=O) groups is 1. The summed E-state index contributed by atoms with van der Waals surface area (Å²) < 4.78 is 52.3. The number of nitrogens with one attached hydrogen (secondary N) is 1. The zero-order valence-corrected chi connectivity index (χ0v) is 14.0. The Morgan fingerprint density at radius 1 is 1.41 bits per heavy atom. The predicted molar refractivity (Wildman–Crippen MR) is 84.9 cm³/mol. The first-order valence-corrected chi connectivity index (χ1v) is 8.49. The Labute approximate surface area is 151 Å². The van der Waals surface area contributed by atoms with E-state index in [4.69, 9.17) is 5.11 Å². The highest BCUT2D eigenvalue weighted by Crippen LogP contribution is 2.57. The van der Waals surface area contributed by atoms with Gasteiger partial charge in [-0.05, 0) is 30.9 Å². The van der Waals surface area contributed by atoms with Crippen LogP contribution in [0.4, 0.5) is 17.6 Å². The fourth-order valence-electron chi connectivity index (χ4n) is 3.68. The molecule has 0 aromatic carbocycles. The number of rotatable bonds is 5. The second-order valence-corrected chi connectivity index (χ2v) is 6.94. The van der Waals surface area contributed by atoms with Gasteiger partial charge in [-0.3, -0.25) is 4.79 Å². The van der Waals surface area contributed by atoms with E-state index in [0.29, 0.717) is 23.6 Å². The lowest BCUT2D eigenvalue weighted by atomic mass is 10.1. The first-order chi connectivity index (χ1) is 12.8. The number of hydrogen-bond donors (Lipinski definition) is 2. The Morgan fingerprint density at radius 3 is 2.81 bits per heavy atom. The number of carbonyl (C=O) groups excluding carboxylic acids is 1. The third-order valence-electron chi connectivity index (χ3n) is 4.97. The highest BCUT2D eigenvalue weighted by Gasteiger charge is 2.50. The Balaban J connectivity index is 1.64. The molecule has 2 N–H and O–H groups in total. The molecule has 10 heteroatoms. The molecular weight excluding hydrogens is 368 g/mol. The number of alkyl halides is 3. The minimum atomic E-state index is -4.51. The molecule has 2 aliphatic carbocycles. The van der Waals surface area contributed by atoms with Crippen molar-refractivity contribution >= 4 is 5.91 Å². The quantitative estimate of drug-likeness (QED) is 0.611. The van der Waals surface area contributed by atoms with Gasteiger partial charge in [0.25, 0.3) is 5.91 Å². The monoisotopic (exact) mass is 384 g/mol. The van der Waals surface area contributed by atoms with Crippen molar-refractivity contribution in [2.45, 2.75) is 37.4 Å². The van der Waals surface area contributed by atoms with Gasteiger partial charge in [-0.25, -0.2) is 9.67 Å². The van der Waals surface area contributed by atoms with Gasteiger partial charge in [-0.15, -0.1) is 0 Å². The van der Waals surface area contributed by atoms with Crippen LogP contribution in [0.5, 0.6) is 0 Å². The summed E-state index contributed by atoms with van der Waals surface area (Å²) in [6.07, 6.45) is -2.96. The molecule has 2 heterocycles. The van der Waals surface area contributed by atoms with Crippen LogP contribution in [-0.4, -0.2) is 44.6 Å². The number of nitrogens with zero attached hydrogens (tertiary/aromatic N) is 3. The van der Waals surface area contributed by atoms with Gasteiger partial charge in [0, 0.05) is 11.5 Å². The number of fused-ring (bicyclic) bond motifs is 3. The van der Waals surface area contributed by atoms with E-state index in [0.717, 1.165) is 12.1 Å². The molecule has 0 radical (unpaired) electrons. The molecule has 4 rings (SSSR count). The number of aliphatic hydroxyl groups excluding tert-OH is 1. The number of pyridine rings is 1. The molecule has 2 aromatic rings. The molecule has 144 valence electrons. The molecule has 3 atom stereocenters. The van der Waals surface area contributed by atoms with E-state index in [2.05, 4.69) is 15.4 Å². The van der Waals surface area contributed by atoms with Crippen molar-refractivity contribution < 1.29 is 27.5 Å². The van der Waals surface area contributed by atoms with Crippen LogP contribution in [0.1, 0.15) is 40.5 Å². The van der Waals surface area contributed by atoms with Gasteiger partial charge in [0.1, 0.15) is 0 Å². The van der Waals surface area contributed by atoms with Crippen molar-refractivity contribution in [3.05, 3.63) is 41.2 Å². The van der Waals surface area contributed by atoms with Crippen molar-refractivity contribution in [1.82, 2.24) is 20.1 Å². The molecular formula is C17H16F4N4O2. The Hall–Kier alpha value is -2.49. The summed E-state index contributed by atoms with van der Waals surface area (Å²) >= 11 is 0. The summed E-state index contributed by atoms with van der Waals surface area (Å²) in [5.41, 5.74) is 2.05. The molecule has 0 spiro atoms. The van der Waals surface area contributed by atoms with Gasteiger partial charge in [0.15, 0.2) is 5.69 Å². The van der Waals surface area contributed by atoms with Crippen LogP contribution in [0.2, 0.25) is 0 Å². The minimum absolute atomic E-state index is 0.0437. The van der Waals surface area contributed by atoms with Crippen LogP contribution >= 0.6 is 0 Å². The van der Waals surface area contributed by atoms with E-state index in [1.54, 1.807) is 0 Å². The van der Waals surface area contributed by atoms with Gasteiger partial charge in [-0.2, -0.15) is 22.7 Å². The second kappa shape index (κ2) is 6.29. The molecule has 27 heavy (non-hydrogen) atoms.